The van der Waals surface area contributed by atoms with Gasteiger partial charge in [-0.25, -0.2) is 0 Å². The molecule has 2 N–H and O–H groups in total. The molecule has 1 saturated carbocycles. The minimum Gasteiger partial charge on any atom is -0.481 e. The Labute approximate surface area is 127 Å². The molecular weight excluding hydrogens is 262 g/mol. The summed E-state index contributed by atoms with van der Waals surface area (Å²) in [6.45, 7) is 8.70. The lowest BCUT2D eigenvalue weighted by Gasteiger charge is -2.30. The fourth-order valence-electron chi connectivity index (χ4n) is 3.82. The van der Waals surface area contributed by atoms with Gasteiger partial charge in [-0.05, 0) is 70.1 Å². The molecule has 0 heterocycles. The molecule has 3 heteroatoms. The monoisotopic (exact) mass is 289 g/mol. The summed E-state index contributed by atoms with van der Waals surface area (Å²) in [7, 11) is 0. The van der Waals surface area contributed by atoms with Gasteiger partial charge >= 0.3 is 5.97 Å². The van der Waals surface area contributed by atoms with Crippen molar-refractivity contribution in [2.75, 3.05) is 0 Å². The summed E-state index contributed by atoms with van der Waals surface area (Å²) < 4.78 is 0. The number of aryl methyl sites for hydroxylation is 3. The number of carboxylic acid groups (broad SMARTS) is 1. The third kappa shape index (κ3) is 3.85. The number of rotatable bonds is 4. The van der Waals surface area contributed by atoms with E-state index in [1.165, 1.54) is 22.3 Å². The molecule has 0 aromatic heterocycles. The highest BCUT2D eigenvalue weighted by Gasteiger charge is 2.27. The molecule has 3 nitrogen and oxygen atoms in total. The van der Waals surface area contributed by atoms with Gasteiger partial charge in [-0.15, -0.1) is 0 Å². The van der Waals surface area contributed by atoms with E-state index in [4.69, 9.17) is 5.11 Å². The van der Waals surface area contributed by atoms with Gasteiger partial charge in [0, 0.05) is 12.1 Å². The van der Waals surface area contributed by atoms with Gasteiger partial charge in [0.05, 0.1) is 5.92 Å². The van der Waals surface area contributed by atoms with Crippen LogP contribution < -0.4 is 5.32 Å². The summed E-state index contributed by atoms with van der Waals surface area (Å²) in [5.41, 5.74) is 5.38. The summed E-state index contributed by atoms with van der Waals surface area (Å²) in [4.78, 5) is 11.0. The minimum atomic E-state index is -0.633. The Hall–Kier alpha value is -1.35. The molecule has 1 aromatic rings. The first kappa shape index (κ1) is 16.0. The van der Waals surface area contributed by atoms with Crippen LogP contribution in [0.25, 0.3) is 0 Å². The fraction of sp³-hybridized carbons (Fsp3) is 0.611. The SMILES string of the molecule is Cc1cc(C)c(C(C)NC2CCC(C(=O)O)CC2)c(C)c1. The predicted octanol–water partition coefficient (Wildman–Crippen LogP) is 3.91. The number of hydrogen-bond acceptors (Lipinski definition) is 2. The second-order valence-electron chi connectivity index (χ2n) is 6.59. The van der Waals surface area contributed by atoms with Gasteiger partial charge in [0.25, 0.3) is 0 Å². The highest BCUT2D eigenvalue weighted by atomic mass is 16.4. The molecule has 0 bridgehead atoms. The maximum Gasteiger partial charge on any atom is 0.306 e. The Morgan fingerprint density at radius 3 is 2.14 bits per heavy atom. The van der Waals surface area contributed by atoms with Gasteiger partial charge in [-0.3, -0.25) is 4.79 Å². The average molecular weight is 289 g/mol. The van der Waals surface area contributed by atoms with Gasteiger partial charge in [0.1, 0.15) is 0 Å². The topological polar surface area (TPSA) is 49.3 Å². The Kier molecular flexibility index (Phi) is 5.04. The Balaban J connectivity index is 2.00. The number of aliphatic carboxylic acids is 1. The molecule has 1 atom stereocenters. The van der Waals surface area contributed by atoms with Crippen LogP contribution in [0.1, 0.15) is 60.9 Å². The van der Waals surface area contributed by atoms with Gasteiger partial charge < -0.3 is 10.4 Å². The van der Waals surface area contributed by atoms with Crippen molar-refractivity contribution in [2.24, 2.45) is 5.92 Å². The molecule has 21 heavy (non-hydrogen) atoms. The fourth-order valence-corrected chi connectivity index (χ4v) is 3.82. The zero-order valence-electron chi connectivity index (χ0n) is 13.6. The standard InChI is InChI=1S/C18H27NO2/c1-11-9-12(2)17(13(3)10-11)14(4)19-16-7-5-15(6-8-16)18(20)21/h9-10,14-16,19H,5-8H2,1-4H3,(H,20,21). The molecule has 0 amide bonds. The zero-order valence-corrected chi connectivity index (χ0v) is 13.6. The molecule has 0 aliphatic heterocycles. The first-order chi connectivity index (χ1) is 9.88. The van der Waals surface area contributed by atoms with Gasteiger partial charge in [0.15, 0.2) is 0 Å². The van der Waals surface area contributed by atoms with Crippen LogP contribution in [-0.2, 0) is 4.79 Å². The number of benzene rings is 1. The first-order valence-corrected chi connectivity index (χ1v) is 7.95. The maximum atomic E-state index is 11.0. The summed E-state index contributed by atoms with van der Waals surface area (Å²) in [6.07, 6.45) is 3.52. The third-order valence-electron chi connectivity index (χ3n) is 4.73. The summed E-state index contributed by atoms with van der Waals surface area (Å²) in [5.74, 6) is -0.770. The Morgan fingerprint density at radius 1 is 1.14 bits per heavy atom. The lowest BCUT2D eigenvalue weighted by molar-refractivity contribution is -0.142. The smallest absolute Gasteiger partial charge is 0.306 e. The summed E-state index contributed by atoms with van der Waals surface area (Å²) in [5, 5.41) is 12.8. The highest BCUT2D eigenvalue weighted by Crippen LogP contribution is 2.28. The minimum absolute atomic E-state index is 0.138. The summed E-state index contributed by atoms with van der Waals surface area (Å²) in [6, 6.07) is 5.23. The normalized spacial score (nSPS) is 23.8. The van der Waals surface area contributed by atoms with E-state index >= 15 is 0 Å². The van der Waals surface area contributed by atoms with E-state index < -0.39 is 5.97 Å². The largest absolute Gasteiger partial charge is 0.481 e. The van der Waals surface area contributed by atoms with Gasteiger partial charge in [-0.1, -0.05) is 17.7 Å². The number of nitrogens with one attached hydrogen (secondary N) is 1. The van der Waals surface area contributed by atoms with Crippen molar-refractivity contribution in [1.82, 2.24) is 5.32 Å². The average Bonchev–Trinajstić information content (AvgIpc) is 2.37. The van der Waals surface area contributed by atoms with Crippen molar-refractivity contribution in [3.8, 4) is 0 Å². The van der Waals surface area contributed by atoms with E-state index in [1.807, 2.05) is 0 Å². The summed E-state index contributed by atoms with van der Waals surface area (Å²) >= 11 is 0. The van der Waals surface area contributed by atoms with E-state index in [2.05, 4.69) is 45.1 Å². The molecule has 1 unspecified atom stereocenters. The Bertz CT molecular complexity index is 493. The van der Waals surface area contributed by atoms with Gasteiger partial charge in [-0.2, -0.15) is 0 Å². The lowest BCUT2D eigenvalue weighted by Crippen LogP contribution is -2.36. The molecule has 1 aromatic carbocycles. The van der Waals surface area contributed by atoms with Gasteiger partial charge in [0.2, 0.25) is 0 Å². The van der Waals surface area contributed by atoms with Crippen LogP contribution in [0.4, 0.5) is 0 Å². The van der Waals surface area contributed by atoms with Crippen molar-refractivity contribution in [1.29, 1.82) is 0 Å². The number of carboxylic acids is 1. The molecule has 0 saturated heterocycles. The molecule has 1 aliphatic carbocycles. The molecule has 0 radical (unpaired) electrons. The molecular formula is C18H27NO2. The second-order valence-corrected chi connectivity index (χ2v) is 6.59. The number of hydrogen-bond donors (Lipinski definition) is 2. The van der Waals surface area contributed by atoms with Crippen LogP contribution in [0.15, 0.2) is 12.1 Å². The van der Waals surface area contributed by atoms with Crippen molar-refractivity contribution in [2.45, 2.75) is 65.5 Å². The van der Waals surface area contributed by atoms with E-state index in [0.717, 1.165) is 25.7 Å². The maximum absolute atomic E-state index is 11.0. The second kappa shape index (κ2) is 6.61. The van der Waals surface area contributed by atoms with Crippen molar-refractivity contribution in [3.05, 3.63) is 34.4 Å². The number of carbonyl (C=O) groups is 1. The van der Waals surface area contributed by atoms with Crippen LogP contribution in [0, 0.1) is 26.7 Å². The van der Waals surface area contributed by atoms with Crippen LogP contribution in [0.5, 0.6) is 0 Å². The van der Waals surface area contributed by atoms with Crippen molar-refractivity contribution >= 4 is 5.97 Å². The predicted molar refractivity (Wildman–Crippen MR) is 85.6 cm³/mol. The van der Waals surface area contributed by atoms with Crippen molar-refractivity contribution < 1.29 is 9.90 Å². The quantitative estimate of drug-likeness (QED) is 0.883. The van der Waals surface area contributed by atoms with E-state index in [9.17, 15) is 4.79 Å². The van der Waals surface area contributed by atoms with E-state index in [-0.39, 0.29) is 5.92 Å². The lowest BCUT2D eigenvalue weighted by atomic mass is 9.85. The molecule has 2 rings (SSSR count). The van der Waals surface area contributed by atoms with Crippen LogP contribution in [0.3, 0.4) is 0 Å². The molecule has 1 aliphatic rings. The van der Waals surface area contributed by atoms with E-state index in [1.54, 1.807) is 0 Å². The molecule has 116 valence electrons. The van der Waals surface area contributed by atoms with Crippen LogP contribution in [0.2, 0.25) is 0 Å². The molecule has 0 spiro atoms. The van der Waals surface area contributed by atoms with Crippen LogP contribution in [-0.4, -0.2) is 17.1 Å². The Morgan fingerprint density at radius 2 is 1.67 bits per heavy atom. The van der Waals surface area contributed by atoms with Crippen molar-refractivity contribution in [3.63, 3.8) is 0 Å². The van der Waals surface area contributed by atoms with E-state index in [0.29, 0.717) is 12.1 Å². The molecule has 1 fully saturated rings. The highest BCUT2D eigenvalue weighted by molar-refractivity contribution is 5.70. The zero-order chi connectivity index (χ0) is 15.6. The third-order valence-corrected chi connectivity index (χ3v) is 4.73. The first-order valence-electron chi connectivity index (χ1n) is 7.95. The van der Waals surface area contributed by atoms with Crippen LogP contribution >= 0.6 is 0 Å².